The number of carbonyl (C=O) groups excluding carboxylic acids is 2. The maximum atomic E-state index is 12.4. The number of carbonyl (C=O) groups is 2. The van der Waals surface area contributed by atoms with Crippen LogP contribution in [0.5, 0.6) is 0 Å². The molecule has 0 aromatic carbocycles. The lowest BCUT2D eigenvalue weighted by Crippen LogP contribution is -2.31. The van der Waals surface area contributed by atoms with Gasteiger partial charge in [-0.25, -0.2) is 9.78 Å². The van der Waals surface area contributed by atoms with E-state index in [1.165, 1.54) is 0 Å². The van der Waals surface area contributed by atoms with Crippen LogP contribution in [0, 0.1) is 0 Å². The van der Waals surface area contributed by atoms with Crippen molar-refractivity contribution in [3.8, 4) is 0 Å². The van der Waals surface area contributed by atoms with Crippen molar-refractivity contribution in [1.82, 2.24) is 10.3 Å². The maximum absolute atomic E-state index is 12.4. The van der Waals surface area contributed by atoms with Crippen LogP contribution in [0.15, 0.2) is 35.8 Å². The Balaban J connectivity index is 1.56. The lowest BCUT2D eigenvalue weighted by molar-refractivity contribution is -0.124. The van der Waals surface area contributed by atoms with Gasteiger partial charge < -0.3 is 15.0 Å². The molecule has 1 aliphatic rings. The number of hydrogen-bond acceptors (Lipinski definition) is 6. The van der Waals surface area contributed by atoms with Crippen LogP contribution in [-0.4, -0.2) is 36.6 Å². The van der Waals surface area contributed by atoms with E-state index in [1.54, 1.807) is 29.7 Å². The zero-order chi connectivity index (χ0) is 17.6. The lowest BCUT2D eigenvalue weighted by atomic mass is 10.2. The van der Waals surface area contributed by atoms with E-state index in [2.05, 4.69) is 15.2 Å². The summed E-state index contributed by atoms with van der Waals surface area (Å²) >= 11 is 1.57. The summed E-state index contributed by atoms with van der Waals surface area (Å²) < 4.78 is 5.19. The second-order valence-electron chi connectivity index (χ2n) is 5.95. The highest BCUT2D eigenvalue weighted by Crippen LogP contribution is 2.22. The summed E-state index contributed by atoms with van der Waals surface area (Å²) in [7, 11) is 0. The summed E-state index contributed by atoms with van der Waals surface area (Å²) in [4.78, 5) is 31.8. The zero-order valence-corrected chi connectivity index (χ0v) is 14.9. The fourth-order valence-corrected chi connectivity index (χ4v) is 3.57. The van der Waals surface area contributed by atoms with Gasteiger partial charge in [0.05, 0.1) is 6.04 Å². The van der Waals surface area contributed by atoms with Crippen molar-refractivity contribution in [3.05, 3.63) is 46.3 Å². The second-order valence-corrected chi connectivity index (χ2v) is 6.93. The Labute approximate surface area is 150 Å². The monoisotopic (exact) mass is 359 g/mol. The summed E-state index contributed by atoms with van der Waals surface area (Å²) in [5, 5.41) is 4.79. The van der Waals surface area contributed by atoms with Gasteiger partial charge in [0.1, 0.15) is 11.4 Å². The molecule has 2 aromatic heterocycles. The molecule has 3 heterocycles. The van der Waals surface area contributed by atoms with E-state index in [0.29, 0.717) is 11.4 Å². The minimum Gasteiger partial charge on any atom is -0.452 e. The average Bonchev–Trinajstić information content (AvgIpc) is 3.33. The summed E-state index contributed by atoms with van der Waals surface area (Å²) in [5.74, 6) is -0.202. The Kier molecular flexibility index (Phi) is 5.65. The normalized spacial score (nSPS) is 15.0. The van der Waals surface area contributed by atoms with Crippen molar-refractivity contribution in [2.24, 2.45) is 0 Å². The van der Waals surface area contributed by atoms with E-state index in [4.69, 9.17) is 4.74 Å². The first kappa shape index (κ1) is 17.4. The third kappa shape index (κ3) is 4.36. The van der Waals surface area contributed by atoms with Crippen molar-refractivity contribution in [2.45, 2.75) is 25.8 Å². The smallest absolute Gasteiger partial charge is 0.342 e. The zero-order valence-electron chi connectivity index (χ0n) is 14.1. The number of thiophene rings is 1. The van der Waals surface area contributed by atoms with E-state index in [0.717, 1.165) is 30.8 Å². The maximum Gasteiger partial charge on any atom is 0.342 e. The Morgan fingerprint density at radius 3 is 2.84 bits per heavy atom. The van der Waals surface area contributed by atoms with Crippen LogP contribution < -0.4 is 10.2 Å². The van der Waals surface area contributed by atoms with Crippen molar-refractivity contribution in [3.63, 3.8) is 0 Å². The topological polar surface area (TPSA) is 71.5 Å². The van der Waals surface area contributed by atoms with Crippen molar-refractivity contribution >= 4 is 29.0 Å². The highest BCUT2D eigenvalue weighted by Gasteiger charge is 2.22. The van der Waals surface area contributed by atoms with Gasteiger partial charge in [-0.05, 0) is 43.3 Å². The van der Waals surface area contributed by atoms with Crippen LogP contribution in [0.4, 0.5) is 5.82 Å². The van der Waals surface area contributed by atoms with Gasteiger partial charge in [0.25, 0.3) is 5.91 Å². The first-order valence-corrected chi connectivity index (χ1v) is 9.23. The fourth-order valence-electron chi connectivity index (χ4n) is 2.84. The van der Waals surface area contributed by atoms with Crippen LogP contribution in [0.3, 0.4) is 0 Å². The largest absolute Gasteiger partial charge is 0.452 e. The molecule has 6 nitrogen and oxygen atoms in total. The molecular formula is C18H21N3O3S. The number of pyridine rings is 1. The summed E-state index contributed by atoms with van der Waals surface area (Å²) in [6.45, 7) is 3.37. The highest BCUT2D eigenvalue weighted by atomic mass is 32.1. The predicted molar refractivity (Wildman–Crippen MR) is 96.8 cm³/mol. The number of esters is 1. The molecule has 3 rings (SSSR count). The van der Waals surface area contributed by atoms with Crippen molar-refractivity contribution in [1.29, 1.82) is 0 Å². The number of ether oxygens (including phenoxy) is 1. The van der Waals surface area contributed by atoms with E-state index in [9.17, 15) is 9.59 Å². The molecule has 1 amide bonds. The number of aromatic nitrogens is 1. The number of hydrogen-bond donors (Lipinski definition) is 1. The van der Waals surface area contributed by atoms with Crippen LogP contribution in [0.25, 0.3) is 0 Å². The molecule has 7 heteroatoms. The first-order valence-electron chi connectivity index (χ1n) is 8.35. The number of amides is 1. The van der Waals surface area contributed by atoms with E-state index >= 15 is 0 Å². The molecular weight excluding hydrogens is 338 g/mol. The van der Waals surface area contributed by atoms with Gasteiger partial charge in [-0.1, -0.05) is 6.07 Å². The molecule has 2 aromatic rings. The Morgan fingerprint density at radius 1 is 1.32 bits per heavy atom. The average molecular weight is 359 g/mol. The van der Waals surface area contributed by atoms with Crippen LogP contribution in [0.2, 0.25) is 0 Å². The molecule has 0 aliphatic carbocycles. The number of rotatable bonds is 6. The van der Waals surface area contributed by atoms with Gasteiger partial charge in [0, 0.05) is 24.2 Å². The van der Waals surface area contributed by atoms with Gasteiger partial charge in [-0.15, -0.1) is 11.3 Å². The lowest BCUT2D eigenvalue weighted by Gasteiger charge is -2.19. The van der Waals surface area contributed by atoms with Gasteiger partial charge in [0.2, 0.25) is 0 Å². The predicted octanol–water partition coefficient (Wildman–Crippen LogP) is 2.78. The number of nitrogens with one attached hydrogen (secondary N) is 1. The van der Waals surface area contributed by atoms with E-state index < -0.39 is 5.97 Å². The van der Waals surface area contributed by atoms with Gasteiger partial charge >= 0.3 is 5.97 Å². The molecule has 1 saturated heterocycles. The molecule has 0 spiro atoms. The quantitative estimate of drug-likeness (QED) is 0.803. The second kappa shape index (κ2) is 8.11. The Bertz CT molecular complexity index is 727. The first-order chi connectivity index (χ1) is 12.1. The molecule has 0 radical (unpaired) electrons. The third-order valence-electron chi connectivity index (χ3n) is 4.09. The summed E-state index contributed by atoms with van der Waals surface area (Å²) in [6, 6.07) is 7.18. The SMILES string of the molecule is CC(NC(=O)COC(=O)c1cccnc1N1CCCC1)c1cccs1. The molecule has 1 atom stereocenters. The standard InChI is InChI=1S/C18H21N3O3S/c1-13(15-7-5-11-25-15)20-16(22)12-24-18(23)14-6-4-8-19-17(14)21-9-2-3-10-21/h4-8,11,13H,2-3,9-10,12H2,1H3,(H,20,22). The minimum absolute atomic E-state index is 0.107. The van der Waals surface area contributed by atoms with Crippen molar-refractivity contribution in [2.75, 3.05) is 24.6 Å². The number of nitrogens with zero attached hydrogens (tertiary/aromatic N) is 2. The highest BCUT2D eigenvalue weighted by molar-refractivity contribution is 7.10. The molecule has 1 fully saturated rings. The van der Waals surface area contributed by atoms with E-state index in [1.807, 2.05) is 24.4 Å². The Morgan fingerprint density at radius 2 is 2.12 bits per heavy atom. The summed E-state index contributed by atoms with van der Waals surface area (Å²) in [5.41, 5.74) is 0.406. The van der Waals surface area contributed by atoms with Crippen LogP contribution >= 0.6 is 11.3 Å². The van der Waals surface area contributed by atoms with Gasteiger partial charge in [-0.3, -0.25) is 4.79 Å². The molecule has 0 bridgehead atoms. The van der Waals surface area contributed by atoms with Crippen LogP contribution in [-0.2, 0) is 9.53 Å². The van der Waals surface area contributed by atoms with E-state index in [-0.39, 0.29) is 18.6 Å². The van der Waals surface area contributed by atoms with Crippen LogP contribution in [0.1, 0.15) is 41.0 Å². The number of anilines is 1. The molecule has 1 aliphatic heterocycles. The van der Waals surface area contributed by atoms with Crippen molar-refractivity contribution < 1.29 is 14.3 Å². The van der Waals surface area contributed by atoms with Gasteiger partial charge in [-0.2, -0.15) is 0 Å². The molecule has 1 unspecified atom stereocenters. The molecule has 25 heavy (non-hydrogen) atoms. The third-order valence-corrected chi connectivity index (χ3v) is 5.15. The van der Waals surface area contributed by atoms with Gasteiger partial charge in [0.15, 0.2) is 6.61 Å². The molecule has 1 N–H and O–H groups in total. The minimum atomic E-state index is -0.520. The Hall–Kier alpha value is -2.41. The molecule has 132 valence electrons. The summed E-state index contributed by atoms with van der Waals surface area (Å²) in [6.07, 6.45) is 3.85. The molecule has 0 saturated carbocycles. The fraction of sp³-hybridized carbons (Fsp3) is 0.389.